The molecule has 0 fully saturated rings. The third-order valence-electron chi connectivity index (χ3n) is 3.98. The summed E-state index contributed by atoms with van der Waals surface area (Å²) in [5.41, 5.74) is 5.65. The molecule has 4 nitrogen and oxygen atoms in total. The van der Waals surface area contributed by atoms with Gasteiger partial charge in [0.1, 0.15) is 5.75 Å². The minimum Gasteiger partial charge on any atom is -0.481 e. The van der Waals surface area contributed by atoms with Crippen molar-refractivity contribution >= 4 is 23.7 Å². The number of hydrogen-bond donors (Lipinski definition) is 1. The Morgan fingerprint density at radius 2 is 1.85 bits per heavy atom. The van der Waals surface area contributed by atoms with Crippen LogP contribution in [0, 0.1) is 6.92 Å². The summed E-state index contributed by atoms with van der Waals surface area (Å²) in [5.74, 6) is 0.306. The molecule has 0 aliphatic heterocycles. The van der Waals surface area contributed by atoms with E-state index in [0.717, 1.165) is 11.1 Å². The lowest BCUT2D eigenvalue weighted by molar-refractivity contribution is -0.127. The Morgan fingerprint density at radius 3 is 2.42 bits per heavy atom. The Morgan fingerprint density at radius 1 is 1.19 bits per heavy atom. The number of carbonyl (C=O) groups is 1. The SMILES string of the molecule is Cc1cc(Cl)ccc1OC(C)C(=O)N/N=C/c1ccc(C(C)(C)C)cc1. The van der Waals surface area contributed by atoms with Gasteiger partial charge in [0.2, 0.25) is 0 Å². The molecule has 0 spiro atoms. The van der Waals surface area contributed by atoms with Crippen LogP contribution in [0.1, 0.15) is 44.4 Å². The summed E-state index contributed by atoms with van der Waals surface area (Å²) in [6.45, 7) is 10.1. The smallest absolute Gasteiger partial charge is 0.280 e. The molecule has 26 heavy (non-hydrogen) atoms. The van der Waals surface area contributed by atoms with Crippen molar-refractivity contribution in [2.24, 2.45) is 5.10 Å². The zero-order valence-corrected chi connectivity index (χ0v) is 16.6. The molecule has 0 heterocycles. The van der Waals surface area contributed by atoms with E-state index in [2.05, 4.69) is 43.4 Å². The Bertz CT molecular complexity index is 793. The van der Waals surface area contributed by atoms with Gasteiger partial charge in [-0.15, -0.1) is 0 Å². The second-order valence-electron chi connectivity index (χ2n) is 7.28. The predicted molar refractivity (Wildman–Crippen MR) is 107 cm³/mol. The fourth-order valence-corrected chi connectivity index (χ4v) is 2.55. The molecule has 1 amide bonds. The van der Waals surface area contributed by atoms with Gasteiger partial charge >= 0.3 is 0 Å². The number of benzene rings is 2. The van der Waals surface area contributed by atoms with Crippen molar-refractivity contribution < 1.29 is 9.53 Å². The van der Waals surface area contributed by atoms with E-state index in [1.165, 1.54) is 5.56 Å². The zero-order chi connectivity index (χ0) is 19.3. The first-order valence-corrected chi connectivity index (χ1v) is 8.91. The predicted octanol–water partition coefficient (Wildman–Crippen LogP) is 4.86. The molecule has 2 rings (SSSR count). The Labute approximate surface area is 160 Å². The van der Waals surface area contributed by atoms with Gasteiger partial charge in [0.05, 0.1) is 6.21 Å². The van der Waals surface area contributed by atoms with Gasteiger partial charge < -0.3 is 4.74 Å². The highest BCUT2D eigenvalue weighted by Crippen LogP contribution is 2.23. The van der Waals surface area contributed by atoms with Crippen molar-refractivity contribution in [2.75, 3.05) is 0 Å². The highest BCUT2D eigenvalue weighted by molar-refractivity contribution is 6.30. The monoisotopic (exact) mass is 372 g/mol. The minimum atomic E-state index is -0.671. The maximum atomic E-state index is 12.1. The fourth-order valence-electron chi connectivity index (χ4n) is 2.32. The molecular formula is C21H25ClN2O2. The summed E-state index contributed by atoms with van der Waals surface area (Å²) < 4.78 is 5.67. The van der Waals surface area contributed by atoms with Gasteiger partial charge in [0.25, 0.3) is 5.91 Å². The van der Waals surface area contributed by atoms with Crippen molar-refractivity contribution in [3.05, 3.63) is 64.2 Å². The zero-order valence-electron chi connectivity index (χ0n) is 15.8. The average molecular weight is 373 g/mol. The van der Waals surface area contributed by atoms with E-state index >= 15 is 0 Å². The van der Waals surface area contributed by atoms with Crippen LogP contribution in [-0.2, 0) is 10.2 Å². The van der Waals surface area contributed by atoms with Crippen LogP contribution in [0.3, 0.4) is 0 Å². The number of nitrogens with zero attached hydrogens (tertiary/aromatic N) is 1. The van der Waals surface area contributed by atoms with Crippen LogP contribution in [0.15, 0.2) is 47.6 Å². The van der Waals surface area contributed by atoms with Crippen LogP contribution in [0.5, 0.6) is 5.75 Å². The Hall–Kier alpha value is -2.33. The van der Waals surface area contributed by atoms with E-state index in [4.69, 9.17) is 16.3 Å². The lowest BCUT2D eigenvalue weighted by Gasteiger charge is -2.18. The second kappa shape index (κ2) is 8.37. The number of aryl methyl sites for hydroxylation is 1. The molecule has 5 heteroatoms. The second-order valence-corrected chi connectivity index (χ2v) is 7.71. The van der Waals surface area contributed by atoms with Gasteiger partial charge in [-0.2, -0.15) is 5.10 Å². The normalized spacial score (nSPS) is 12.8. The van der Waals surface area contributed by atoms with Crippen LogP contribution < -0.4 is 10.2 Å². The van der Waals surface area contributed by atoms with Crippen LogP contribution in [0.25, 0.3) is 0 Å². The average Bonchev–Trinajstić information content (AvgIpc) is 2.57. The fraction of sp³-hybridized carbons (Fsp3) is 0.333. The first-order valence-electron chi connectivity index (χ1n) is 8.53. The summed E-state index contributed by atoms with van der Waals surface area (Å²) in [6.07, 6.45) is 0.945. The molecule has 1 atom stereocenters. The number of ether oxygens (including phenoxy) is 1. The lowest BCUT2D eigenvalue weighted by Crippen LogP contribution is -2.33. The summed E-state index contributed by atoms with van der Waals surface area (Å²) in [4.78, 5) is 12.1. The van der Waals surface area contributed by atoms with E-state index in [1.807, 2.05) is 19.1 Å². The van der Waals surface area contributed by atoms with Gasteiger partial charge in [-0.25, -0.2) is 5.43 Å². The molecule has 2 aromatic rings. The van der Waals surface area contributed by atoms with E-state index < -0.39 is 6.10 Å². The van der Waals surface area contributed by atoms with E-state index in [1.54, 1.807) is 31.3 Å². The first-order chi connectivity index (χ1) is 12.2. The van der Waals surface area contributed by atoms with Gasteiger partial charge in [-0.1, -0.05) is 56.6 Å². The quantitative estimate of drug-likeness (QED) is 0.601. The number of hydrazone groups is 1. The highest BCUT2D eigenvalue weighted by Gasteiger charge is 2.15. The first kappa shape index (κ1) is 20.0. The van der Waals surface area contributed by atoms with Gasteiger partial charge in [-0.05, 0) is 54.2 Å². The molecule has 0 bridgehead atoms. The maximum absolute atomic E-state index is 12.1. The molecule has 0 radical (unpaired) electrons. The highest BCUT2D eigenvalue weighted by atomic mass is 35.5. The van der Waals surface area contributed by atoms with Crippen LogP contribution >= 0.6 is 11.6 Å². The molecule has 0 aliphatic carbocycles. The summed E-state index contributed by atoms with van der Waals surface area (Å²) in [5, 5.41) is 4.64. The number of rotatable bonds is 5. The molecule has 0 saturated carbocycles. The standard InChI is InChI=1S/C21H25ClN2O2/c1-14-12-18(22)10-11-19(14)26-15(2)20(25)24-23-13-16-6-8-17(9-7-16)21(3,4)5/h6-13,15H,1-5H3,(H,24,25)/b23-13+. The maximum Gasteiger partial charge on any atom is 0.280 e. The molecule has 1 N–H and O–H groups in total. The Balaban J connectivity index is 1.91. The van der Waals surface area contributed by atoms with Crippen LogP contribution in [-0.4, -0.2) is 18.2 Å². The Kier molecular flexibility index (Phi) is 6.43. The number of amides is 1. The molecule has 0 saturated heterocycles. The summed E-state index contributed by atoms with van der Waals surface area (Å²) in [7, 11) is 0. The van der Waals surface area contributed by atoms with Gasteiger partial charge in [0, 0.05) is 5.02 Å². The van der Waals surface area contributed by atoms with Crippen LogP contribution in [0.4, 0.5) is 0 Å². The van der Waals surface area contributed by atoms with Gasteiger partial charge in [0.15, 0.2) is 6.10 Å². The topological polar surface area (TPSA) is 50.7 Å². The lowest BCUT2D eigenvalue weighted by atomic mass is 9.87. The van der Waals surface area contributed by atoms with E-state index in [-0.39, 0.29) is 11.3 Å². The van der Waals surface area contributed by atoms with Crippen molar-refractivity contribution in [3.63, 3.8) is 0 Å². The molecular weight excluding hydrogens is 348 g/mol. The number of halogens is 1. The van der Waals surface area contributed by atoms with Crippen molar-refractivity contribution in [2.45, 2.75) is 46.1 Å². The number of nitrogens with one attached hydrogen (secondary N) is 1. The molecule has 0 aromatic heterocycles. The van der Waals surface area contributed by atoms with Crippen molar-refractivity contribution in [1.29, 1.82) is 0 Å². The molecule has 1 unspecified atom stereocenters. The minimum absolute atomic E-state index is 0.108. The van der Waals surface area contributed by atoms with Crippen LogP contribution in [0.2, 0.25) is 5.02 Å². The third kappa shape index (κ3) is 5.60. The van der Waals surface area contributed by atoms with Crippen molar-refractivity contribution in [1.82, 2.24) is 5.43 Å². The summed E-state index contributed by atoms with van der Waals surface area (Å²) in [6, 6.07) is 13.4. The van der Waals surface area contributed by atoms with Gasteiger partial charge in [-0.3, -0.25) is 4.79 Å². The molecule has 2 aromatic carbocycles. The van der Waals surface area contributed by atoms with Crippen molar-refractivity contribution in [3.8, 4) is 5.75 Å². The summed E-state index contributed by atoms with van der Waals surface area (Å²) >= 11 is 5.92. The largest absolute Gasteiger partial charge is 0.481 e. The van der Waals surface area contributed by atoms with E-state index in [9.17, 15) is 4.79 Å². The van der Waals surface area contributed by atoms with E-state index in [0.29, 0.717) is 10.8 Å². The molecule has 0 aliphatic rings. The third-order valence-corrected chi connectivity index (χ3v) is 4.21. The molecule has 138 valence electrons. The number of carbonyl (C=O) groups excluding carboxylic acids is 1. The number of hydrogen-bond acceptors (Lipinski definition) is 3.